The normalized spacial score (nSPS) is 25.1. The molecule has 3 heterocycles. The molecule has 130 valence electrons. The van der Waals surface area contributed by atoms with Crippen LogP contribution < -0.4 is 14.2 Å². The summed E-state index contributed by atoms with van der Waals surface area (Å²) in [6.45, 7) is 0. The Morgan fingerprint density at radius 3 is 2.76 bits per heavy atom. The van der Waals surface area contributed by atoms with Crippen molar-refractivity contribution >= 4 is 17.9 Å². The average Bonchev–Trinajstić information content (AvgIpc) is 3.20. The zero-order valence-corrected chi connectivity index (χ0v) is 13.3. The maximum atomic E-state index is 12.2. The van der Waals surface area contributed by atoms with Crippen LogP contribution >= 0.6 is 0 Å². The predicted octanol–water partition coefficient (Wildman–Crippen LogP) is 1.57. The minimum atomic E-state index is -0.721. The number of hydrogen-bond donors (Lipinski definition) is 0. The molecular formula is C17H14O8. The number of cyclic esters (lactones) is 1. The molecule has 0 aromatic heterocycles. The van der Waals surface area contributed by atoms with Crippen molar-refractivity contribution in [3.8, 4) is 17.2 Å². The second-order valence-electron chi connectivity index (χ2n) is 5.83. The molecule has 3 aliphatic rings. The van der Waals surface area contributed by atoms with E-state index in [0.717, 1.165) is 6.08 Å². The smallest absolute Gasteiger partial charge is 0.339 e. The molecule has 3 aliphatic heterocycles. The van der Waals surface area contributed by atoms with Crippen molar-refractivity contribution in [3.05, 3.63) is 29.5 Å². The van der Waals surface area contributed by atoms with Gasteiger partial charge in [-0.05, 0) is 0 Å². The molecule has 0 spiro atoms. The fourth-order valence-electron chi connectivity index (χ4n) is 3.09. The Morgan fingerprint density at radius 1 is 1.20 bits per heavy atom. The number of ether oxygens (including phenoxy) is 5. The Labute approximate surface area is 142 Å². The third-order valence-electron chi connectivity index (χ3n) is 4.20. The molecule has 0 aliphatic carbocycles. The highest BCUT2D eigenvalue weighted by Crippen LogP contribution is 2.50. The molecule has 8 heteroatoms. The summed E-state index contributed by atoms with van der Waals surface area (Å²) in [5, 5.41) is 0. The first-order valence-corrected chi connectivity index (χ1v) is 7.74. The van der Waals surface area contributed by atoms with Crippen LogP contribution in [0.2, 0.25) is 0 Å². The number of hydrogen-bond acceptors (Lipinski definition) is 8. The minimum Gasteiger partial charge on any atom is -0.496 e. The van der Waals surface area contributed by atoms with Crippen molar-refractivity contribution in [1.29, 1.82) is 0 Å². The zero-order valence-electron chi connectivity index (χ0n) is 13.3. The Kier molecular flexibility index (Phi) is 3.60. The molecule has 8 nitrogen and oxygen atoms in total. The number of rotatable bonds is 3. The number of carbonyl (C=O) groups excluding carboxylic acids is 3. The average molecular weight is 346 g/mol. The molecule has 25 heavy (non-hydrogen) atoms. The Bertz CT molecular complexity index is 809. The molecule has 2 atom stereocenters. The first kappa shape index (κ1) is 15.5. The van der Waals surface area contributed by atoms with Crippen LogP contribution in [-0.4, -0.2) is 31.3 Å². The fourth-order valence-corrected chi connectivity index (χ4v) is 3.09. The lowest BCUT2D eigenvalue weighted by Crippen LogP contribution is -2.15. The van der Waals surface area contributed by atoms with Gasteiger partial charge in [-0.3, -0.25) is 9.59 Å². The second-order valence-corrected chi connectivity index (χ2v) is 5.83. The van der Waals surface area contributed by atoms with Crippen LogP contribution in [-0.2, 0) is 23.9 Å². The number of allylic oxidation sites excluding steroid dienone is 1. The van der Waals surface area contributed by atoms with Crippen molar-refractivity contribution in [1.82, 2.24) is 0 Å². The fraction of sp³-hybridized carbons (Fsp3) is 0.353. The standard InChI is InChI=1S/C17H14O8/c1-21-9-4-11(23-14(19)6-8-2-3-13(18)22-8)16-10-7-15(20)25-17(10)24-12(16)5-9/h4-6,10,17H,2-3,7H2,1H3. The third-order valence-corrected chi connectivity index (χ3v) is 4.20. The van der Waals surface area contributed by atoms with E-state index in [4.69, 9.17) is 23.7 Å². The topological polar surface area (TPSA) is 97.4 Å². The number of benzene rings is 1. The summed E-state index contributed by atoms with van der Waals surface area (Å²) in [6.07, 6.45) is 1.17. The molecular weight excluding hydrogens is 332 g/mol. The Morgan fingerprint density at radius 2 is 2.04 bits per heavy atom. The number of methoxy groups -OCH3 is 1. The van der Waals surface area contributed by atoms with Crippen LogP contribution in [0.15, 0.2) is 24.0 Å². The summed E-state index contributed by atoms with van der Waals surface area (Å²) in [4.78, 5) is 34.7. The van der Waals surface area contributed by atoms with Gasteiger partial charge in [0.15, 0.2) is 0 Å². The van der Waals surface area contributed by atoms with Gasteiger partial charge >= 0.3 is 17.9 Å². The van der Waals surface area contributed by atoms with E-state index in [1.54, 1.807) is 12.1 Å². The van der Waals surface area contributed by atoms with Gasteiger partial charge in [-0.25, -0.2) is 4.79 Å². The maximum Gasteiger partial charge on any atom is 0.339 e. The molecule has 4 rings (SSSR count). The van der Waals surface area contributed by atoms with Gasteiger partial charge in [-0.15, -0.1) is 0 Å². The van der Waals surface area contributed by atoms with Crippen molar-refractivity contribution in [3.63, 3.8) is 0 Å². The van der Waals surface area contributed by atoms with Gasteiger partial charge in [0.25, 0.3) is 6.29 Å². The van der Waals surface area contributed by atoms with Gasteiger partial charge < -0.3 is 23.7 Å². The highest BCUT2D eigenvalue weighted by Gasteiger charge is 2.46. The number of esters is 3. The number of carbonyl (C=O) groups is 3. The van der Waals surface area contributed by atoms with E-state index in [0.29, 0.717) is 23.5 Å². The molecule has 1 aromatic rings. The molecule has 2 fully saturated rings. The highest BCUT2D eigenvalue weighted by atomic mass is 16.7. The van der Waals surface area contributed by atoms with Gasteiger partial charge in [0.05, 0.1) is 31.9 Å². The molecule has 0 amide bonds. The largest absolute Gasteiger partial charge is 0.496 e. The molecule has 0 N–H and O–H groups in total. The molecule has 2 saturated heterocycles. The third kappa shape index (κ3) is 2.79. The van der Waals surface area contributed by atoms with Gasteiger partial charge in [0.1, 0.15) is 23.0 Å². The first-order chi connectivity index (χ1) is 12.0. The van der Waals surface area contributed by atoms with Crippen molar-refractivity contribution in [2.24, 2.45) is 0 Å². The Balaban J connectivity index is 1.63. The van der Waals surface area contributed by atoms with Crippen LogP contribution in [0.4, 0.5) is 0 Å². The maximum absolute atomic E-state index is 12.2. The summed E-state index contributed by atoms with van der Waals surface area (Å²) in [5.41, 5.74) is 0.590. The lowest BCUT2D eigenvalue weighted by molar-refractivity contribution is -0.150. The lowest BCUT2D eigenvalue weighted by Gasteiger charge is -2.11. The van der Waals surface area contributed by atoms with E-state index in [1.165, 1.54) is 7.11 Å². The van der Waals surface area contributed by atoms with Gasteiger partial charge in [0.2, 0.25) is 0 Å². The molecule has 2 unspecified atom stereocenters. The van der Waals surface area contributed by atoms with E-state index < -0.39 is 12.3 Å². The van der Waals surface area contributed by atoms with Crippen LogP contribution in [0.5, 0.6) is 17.2 Å². The van der Waals surface area contributed by atoms with Crippen molar-refractivity contribution in [2.45, 2.75) is 31.5 Å². The van der Waals surface area contributed by atoms with E-state index in [1.807, 2.05) is 0 Å². The van der Waals surface area contributed by atoms with Gasteiger partial charge in [0, 0.05) is 24.1 Å². The van der Waals surface area contributed by atoms with Crippen LogP contribution in [0.25, 0.3) is 0 Å². The molecule has 0 bridgehead atoms. The molecule has 0 radical (unpaired) electrons. The monoisotopic (exact) mass is 346 g/mol. The summed E-state index contributed by atoms with van der Waals surface area (Å²) in [7, 11) is 1.48. The number of fused-ring (bicyclic) bond motifs is 3. The van der Waals surface area contributed by atoms with E-state index >= 15 is 0 Å². The summed E-state index contributed by atoms with van der Waals surface area (Å²) in [5.74, 6) is -0.387. The lowest BCUT2D eigenvalue weighted by atomic mass is 9.97. The highest BCUT2D eigenvalue weighted by molar-refractivity contribution is 5.87. The van der Waals surface area contributed by atoms with Crippen LogP contribution in [0, 0.1) is 0 Å². The van der Waals surface area contributed by atoms with Crippen LogP contribution in [0.1, 0.15) is 30.7 Å². The predicted molar refractivity (Wildman–Crippen MR) is 79.9 cm³/mol. The van der Waals surface area contributed by atoms with Gasteiger partial charge in [-0.2, -0.15) is 0 Å². The molecule has 1 aromatic carbocycles. The molecule has 0 saturated carbocycles. The van der Waals surface area contributed by atoms with Crippen molar-refractivity contribution in [2.75, 3.05) is 7.11 Å². The SMILES string of the molecule is COc1cc(OC(=O)C=C2CCC(=O)O2)c2c(c1)OC1OC(=O)CC21. The zero-order chi connectivity index (χ0) is 17.6. The van der Waals surface area contributed by atoms with Gasteiger partial charge in [-0.1, -0.05) is 0 Å². The minimum absolute atomic E-state index is 0.146. The van der Waals surface area contributed by atoms with E-state index in [2.05, 4.69) is 0 Å². The summed E-state index contributed by atoms with van der Waals surface area (Å²) >= 11 is 0. The second kappa shape index (κ2) is 5.80. The first-order valence-electron chi connectivity index (χ1n) is 7.74. The van der Waals surface area contributed by atoms with Crippen LogP contribution in [0.3, 0.4) is 0 Å². The quantitative estimate of drug-likeness (QED) is 0.462. The summed E-state index contributed by atoms with van der Waals surface area (Å²) < 4.78 is 26.2. The summed E-state index contributed by atoms with van der Waals surface area (Å²) in [6, 6.07) is 3.19. The Hall–Kier alpha value is -3.03. The van der Waals surface area contributed by atoms with E-state index in [9.17, 15) is 14.4 Å². The van der Waals surface area contributed by atoms with E-state index in [-0.39, 0.29) is 42.2 Å². The van der Waals surface area contributed by atoms with Crippen molar-refractivity contribution < 1.29 is 38.1 Å².